The van der Waals surface area contributed by atoms with Crippen molar-refractivity contribution in [2.75, 3.05) is 0 Å². The summed E-state index contributed by atoms with van der Waals surface area (Å²) in [6, 6.07) is 3.32. The third kappa shape index (κ3) is 2.57. The summed E-state index contributed by atoms with van der Waals surface area (Å²) in [6.45, 7) is 2.30. The zero-order chi connectivity index (χ0) is 19.3. The molecular formula is C18H17NO8. The van der Waals surface area contributed by atoms with Gasteiger partial charge in [0.15, 0.2) is 5.60 Å². The minimum absolute atomic E-state index is 0.00767. The SMILES string of the molecule is CC(=O)OC(OC(C)=O)[C@@]12C=C[C@@H](O1)[C@@H]1C(=O)N(Cc3ccco3)C(=O)[C@H]12. The Morgan fingerprint density at radius 2 is 1.93 bits per heavy atom. The molecule has 1 aromatic rings. The lowest BCUT2D eigenvalue weighted by Gasteiger charge is -2.34. The van der Waals surface area contributed by atoms with Gasteiger partial charge in [-0.1, -0.05) is 6.08 Å². The molecule has 3 aliphatic rings. The lowest BCUT2D eigenvalue weighted by molar-refractivity contribution is -0.227. The molecule has 0 aromatic carbocycles. The van der Waals surface area contributed by atoms with Gasteiger partial charge >= 0.3 is 11.9 Å². The molecule has 4 heterocycles. The maximum Gasteiger partial charge on any atom is 0.305 e. The van der Waals surface area contributed by atoms with Crippen molar-refractivity contribution >= 4 is 23.8 Å². The molecule has 0 aliphatic carbocycles. The normalized spacial score (nSPS) is 30.9. The van der Waals surface area contributed by atoms with Gasteiger partial charge in [0, 0.05) is 13.8 Å². The summed E-state index contributed by atoms with van der Waals surface area (Å²) >= 11 is 0. The van der Waals surface area contributed by atoms with Crippen LogP contribution >= 0.6 is 0 Å². The number of fused-ring (bicyclic) bond motifs is 5. The van der Waals surface area contributed by atoms with Crippen LogP contribution in [0.25, 0.3) is 0 Å². The zero-order valence-corrected chi connectivity index (χ0v) is 14.6. The monoisotopic (exact) mass is 375 g/mol. The second-order valence-electron chi connectivity index (χ2n) is 6.69. The van der Waals surface area contributed by atoms with Gasteiger partial charge in [-0.05, 0) is 18.2 Å². The van der Waals surface area contributed by atoms with E-state index in [4.69, 9.17) is 18.6 Å². The molecule has 27 heavy (non-hydrogen) atoms. The maximum absolute atomic E-state index is 13.1. The molecule has 4 atom stereocenters. The van der Waals surface area contributed by atoms with E-state index in [1.165, 1.54) is 12.3 Å². The Kier molecular flexibility index (Phi) is 3.92. The lowest BCUT2D eigenvalue weighted by atomic mass is 9.76. The fourth-order valence-electron chi connectivity index (χ4n) is 3.99. The average Bonchev–Trinajstić information content (AvgIpc) is 3.34. The molecule has 2 saturated heterocycles. The highest BCUT2D eigenvalue weighted by Crippen LogP contribution is 2.54. The first kappa shape index (κ1) is 17.5. The first-order chi connectivity index (χ1) is 12.8. The van der Waals surface area contributed by atoms with E-state index in [-0.39, 0.29) is 6.54 Å². The van der Waals surface area contributed by atoms with Gasteiger partial charge in [-0.2, -0.15) is 0 Å². The van der Waals surface area contributed by atoms with Gasteiger partial charge in [-0.25, -0.2) is 0 Å². The summed E-state index contributed by atoms with van der Waals surface area (Å²) in [4.78, 5) is 50.0. The topological polar surface area (TPSA) is 112 Å². The van der Waals surface area contributed by atoms with Crippen LogP contribution in [0.15, 0.2) is 35.0 Å². The highest BCUT2D eigenvalue weighted by Gasteiger charge is 2.71. The van der Waals surface area contributed by atoms with Gasteiger partial charge in [0.1, 0.15) is 5.76 Å². The number of furan rings is 1. The van der Waals surface area contributed by atoms with Crippen LogP contribution in [0.4, 0.5) is 0 Å². The average molecular weight is 375 g/mol. The van der Waals surface area contributed by atoms with Crippen molar-refractivity contribution in [3.05, 3.63) is 36.3 Å². The van der Waals surface area contributed by atoms with Crippen LogP contribution in [0, 0.1) is 11.8 Å². The highest BCUT2D eigenvalue weighted by atomic mass is 16.7. The van der Waals surface area contributed by atoms with E-state index in [1.807, 2.05) is 0 Å². The van der Waals surface area contributed by atoms with E-state index in [0.29, 0.717) is 5.76 Å². The minimum atomic E-state index is -1.53. The molecule has 0 radical (unpaired) electrons. The largest absolute Gasteiger partial charge is 0.467 e. The molecule has 0 saturated carbocycles. The summed E-state index contributed by atoms with van der Waals surface area (Å²) in [5, 5.41) is 0. The number of imide groups is 1. The second-order valence-corrected chi connectivity index (χ2v) is 6.69. The molecule has 9 nitrogen and oxygen atoms in total. The van der Waals surface area contributed by atoms with E-state index in [1.54, 1.807) is 18.2 Å². The Balaban J connectivity index is 1.68. The van der Waals surface area contributed by atoms with Gasteiger partial charge in [-0.3, -0.25) is 24.1 Å². The fraction of sp³-hybridized carbons (Fsp3) is 0.444. The number of likely N-dealkylation sites (tertiary alicyclic amines) is 1. The van der Waals surface area contributed by atoms with Crippen LogP contribution in [-0.2, 0) is 39.9 Å². The van der Waals surface area contributed by atoms with Crippen molar-refractivity contribution in [2.45, 2.75) is 38.4 Å². The van der Waals surface area contributed by atoms with Gasteiger partial charge in [0.05, 0.1) is 30.7 Å². The van der Waals surface area contributed by atoms with Crippen LogP contribution in [-0.4, -0.2) is 46.6 Å². The third-order valence-corrected chi connectivity index (χ3v) is 4.98. The molecular weight excluding hydrogens is 358 g/mol. The summed E-state index contributed by atoms with van der Waals surface area (Å²) < 4.78 is 21.4. The molecule has 142 valence electrons. The first-order valence-electron chi connectivity index (χ1n) is 8.42. The fourth-order valence-corrected chi connectivity index (χ4v) is 3.99. The molecule has 9 heteroatoms. The van der Waals surface area contributed by atoms with Gasteiger partial charge in [-0.15, -0.1) is 0 Å². The number of hydrogen-bond donors (Lipinski definition) is 0. The van der Waals surface area contributed by atoms with Crippen molar-refractivity contribution in [2.24, 2.45) is 11.8 Å². The summed E-state index contributed by atoms with van der Waals surface area (Å²) in [6.07, 6.45) is 2.49. The van der Waals surface area contributed by atoms with Crippen molar-refractivity contribution in [1.82, 2.24) is 4.90 Å². The summed E-state index contributed by atoms with van der Waals surface area (Å²) in [7, 11) is 0. The molecule has 0 N–H and O–H groups in total. The minimum Gasteiger partial charge on any atom is -0.467 e. The number of carbonyl (C=O) groups is 4. The lowest BCUT2D eigenvalue weighted by Crippen LogP contribution is -2.52. The summed E-state index contributed by atoms with van der Waals surface area (Å²) in [5.74, 6) is -3.57. The quantitative estimate of drug-likeness (QED) is 0.317. The Morgan fingerprint density at radius 3 is 2.52 bits per heavy atom. The molecule has 2 fully saturated rings. The molecule has 2 bridgehead atoms. The van der Waals surface area contributed by atoms with Crippen LogP contribution in [0.5, 0.6) is 0 Å². The smallest absolute Gasteiger partial charge is 0.305 e. The van der Waals surface area contributed by atoms with Crippen LogP contribution in [0.1, 0.15) is 19.6 Å². The number of rotatable bonds is 5. The van der Waals surface area contributed by atoms with Gasteiger partial charge < -0.3 is 18.6 Å². The molecule has 1 aromatic heterocycles. The molecule has 2 amide bonds. The van der Waals surface area contributed by atoms with Gasteiger partial charge in [0.25, 0.3) is 6.29 Å². The predicted molar refractivity (Wildman–Crippen MR) is 85.3 cm³/mol. The van der Waals surface area contributed by atoms with Gasteiger partial charge in [0.2, 0.25) is 11.8 Å². The molecule has 3 aliphatic heterocycles. The maximum atomic E-state index is 13.1. The van der Waals surface area contributed by atoms with Crippen molar-refractivity contribution < 1.29 is 37.8 Å². The standard InChI is InChI=1S/C18H17NO8/c1-9(20)25-17(26-10(2)21)18-6-5-12(27-18)13-14(18)16(23)19(15(13)22)8-11-4-3-7-24-11/h3-7,12-14,17H,8H2,1-2H3/t12-,13+,14+,18+/m1/s1. The summed E-state index contributed by atoms with van der Waals surface area (Å²) in [5.41, 5.74) is -1.53. The van der Waals surface area contributed by atoms with Crippen molar-refractivity contribution in [1.29, 1.82) is 0 Å². The van der Waals surface area contributed by atoms with E-state index in [2.05, 4.69) is 0 Å². The first-order valence-corrected chi connectivity index (χ1v) is 8.42. The van der Waals surface area contributed by atoms with Crippen molar-refractivity contribution in [3.63, 3.8) is 0 Å². The Bertz CT molecular complexity index is 828. The molecule has 0 spiro atoms. The molecule has 0 unspecified atom stereocenters. The second kappa shape index (κ2) is 6.05. The van der Waals surface area contributed by atoms with E-state index in [9.17, 15) is 19.2 Å². The number of hydrogen-bond acceptors (Lipinski definition) is 8. The third-order valence-electron chi connectivity index (χ3n) is 4.98. The Labute approximate surface area is 153 Å². The number of ether oxygens (including phenoxy) is 3. The Hall–Kier alpha value is -2.94. The predicted octanol–water partition coefficient (Wildman–Crippen LogP) is 0.540. The highest BCUT2D eigenvalue weighted by molar-refractivity contribution is 6.07. The molecule has 4 rings (SSSR count). The number of amides is 2. The van der Waals surface area contributed by atoms with E-state index < -0.39 is 53.6 Å². The van der Waals surface area contributed by atoms with E-state index in [0.717, 1.165) is 18.7 Å². The van der Waals surface area contributed by atoms with Crippen LogP contribution in [0.3, 0.4) is 0 Å². The number of esters is 2. The van der Waals surface area contributed by atoms with Crippen molar-refractivity contribution in [3.8, 4) is 0 Å². The zero-order valence-electron chi connectivity index (χ0n) is 14.6. The number of nitrogens with zero attached hydrogens (tertiary/aromatic N) is 1. The Morgan fingerprint density at radius 1 is 1.22 bits per heavy atom. The van der Waals surface area contributed by atoms with E-state index >= 15 is 0 Å². The number of carbonyl (C=O) groups excluding carboxylic acids is 4. The van der Waals surface area contributed by atoms with Crippen LogP contribution < -0.4 is 0 Å². The van der Waals surface area contributed by atoms with Crippen LogP contribution in [0.2, 0.25) is 0 Å².